The number of likely N-dealkylation sites (tertiary alicyclic amines) is 1. The lowest BCUT2D eigenvalue weighted by atomic mass is 9.94. The Morgan fingerprint density at radius 2 is 1.76 bits per heavy atom. The Labute approximate surface area is 191 Å². The molecule has 2 heterocycles. The summed E-state index contributed by atoms with van der Waals surface area (Å²) in [6, 6.07) is 7.47. The van der Waals surface area contributed by atoms with Crippen LogP contribution < -0.4 is 10.6 Å². The van der Waals surface area contributed by atoms with Crippen molar-refractivity contribution in [1.29, 1.82) is 0 Å². The number of aryl methyl sites for hydroxylation is 1. The topological polar surface area (TPSA) is 91.4 Å². The second-order valence-corrected chi connectivity index (χ2v) is 8.57. The number of carbonyl (C=O) groups is 3. The first-order valence-corrected chi connectivity index (χ1v) is 11.0. The summed E-state index contributed by atoms with van der Waals surface area (Å²) >= 11 is 0. The molecule has 9 heteroatoms. The summed E-state index contributed by atoms with van der Waals surface area (Å²) in [5.74, 6) is -3.93. The third-order valence-corrected chi connectivity index (χ3v) is 5.65. The van der Waals surface area contributed by atoms with Gasteiger partial charge in [-0.05, 0) is 49.9 Å². The Morgan fingerprint density at radius 3 is 2.39 bits per heavy atom. The van der Waals surface area contributed by atoms with E-state index in [-0.39, 0.29) is 24.3 Å². The highest BCUT2D eigenvalue weighted by Gasteiger charge is 2.34. The van der Waals surface area contributed by atoms with Crippen LogP contribution in [0.15, 0.2) is 36.4 Å². The molecule has 1 aliphatic heterocycles. The van der Waals surface area contributed by atoms with Crippen molar-refractivity contribution >= 4 is 23.5 Å². The predicted octanol–water partition coefficient (Wildman–Crippen LogP) is 3.30. The zero-order valence-electron chi connectivity index (χ0n) is 18.9. The molecule has 2 atom stereocenters. The van der Waals surface area contributed by atoms with Crippen LogP contribution >= 0.6 is 0 Å². The minimum Gasteiger partial charge on any atom is -0.340 e. The summed E-state index contributed by atoms with van der Waals surface area (Å²) < 4.78 is 28.0. The Morgan fingerprint density at radius 1 is 1.09 bits per heavy atom. The summed E-state index contributed by atoms with van der Waals surface area (Å²) in [5, 5.41) is 5.27. The van der Waals surface area contributed by atoms with Gasteiger partial charge in [0.2, 0.25) is 11.8 Å². The normalized spacial score (nSPS) is 16.9. The number of piperidine rings is 1. The zero-order valence-corrected chi connectivity index (χ0v) is 18.9. The maximum Gasteiger partial charge on any atom is 0.257 e. The molecule has 0 saturated carbocycles. The molecule has 176 valence electrons. The zero-order chi connectivity index (χ0) is 24.1. The number of amides is 3. The van der Waals surface area contributed by atoms with E-state index in [1.54, 1.807) is 26.0 Å². The lowest BCUT2D eigenvalue weighted by molar-refractivity contribution is -0.137. The van der Waals surface area contributed by atoms with Gasteiger partial charge in [0.25, 0.3) is 5.91 Å². The third-order valence-electron chi connectivity index (χ3n) is 5.65. The first-order valence-electron chi connectivity index (χ1n) is 11.0. The van der Waals surface area contributed by atoms with Gasteiger partial charge in [-0.1, -0.05) is 26.0 Å². The van der Waals surface area contributed by atoms with Crippen molar-refractivity contribution in [1.82, 2.24) is 15.2 Å². The van der Waals surface area contributed by atoms with Crippen molar-refractivity contribution in [3.8, 4) is 0 Å². The smallest absolute Gasteiger partial charge is 0.257 e. The third kappa shape index (κ3) is 5.91. The first-order chi connectivity index (χ1) is 15.7. The fourth-order valence-corrected chi connectivity index (χ4v) is 3.87. The molecule has 7 nitrogen and oxygen atoms in total. The summed E-state index contributed by atoms with van der Waals surface area (Å²) in [6.07, 6.45) is 1.23. The number of hydrogen-bond donors (Lipinski definition) is 2. The van der Waals surface area contributed by atoms with Crippen LogP contribution in [0.5, 0.6) is 0 Å². The van der Waals surface area contributed by atoms with Gasteiger partial charge in [0.1, 0.15) is 29.1 Å². The Kier molecular flexibility index (Phi) is 7.73. The highest BCUT2D eigenvalue weighted by atomic mass is 19.1. The van der Waals surface area contributed by atoms with E-state index in [0.717, 1.165) is 23.9 Å². The van der Waals surface area contributed by atoms with E-state index in [0.29, 0.717) is 25.2 Å². The average Bonchev–Trinajstić information content (AvgIpc) is 2.77. The van der Waals surface area contributed by atoms with E-state index in [9.17, 15) is 23.2 Å². The van der Waals surface area contributed by atoms with Crippen LogP contribution in [0.25, 0.3) is 0 Å². The summed E-state index contributed by atoms with van der Waals surface area (Å²) in [7, 11) is 0. The molecule has 3 rings (SSSR count). The number of aromatic nitrogens is 1. The van der Waals surface area contributed by atoms with Crippen LogP contribution in [0.2, 0.25) is 0 Å². The fourth-order valence-electron chi connectivity index (χ4n) is 3.87. The van der Waals surface area contributed by atoms with Gasteiger partial charge >= 0.3 is 0 Å². The highest BCUT2D eigenvalue weighted by molar-refractivity contribution is 5.98. The highest BCUT2D eigenvalue weighted by Crippen LogP contribution is 2.21. The molecule has 2 aromatic rings. The van der Waals surface area contributed by atoms with E-state index in [1.165, 1.54) is 4.90 Å². The predicted molar refractivity (Wildman–Crippen MR) is 119 cm³/mol. The van der Waals surface area contributed by atoms with Gasteiger partial charge in [-0.3, -0.25) is 14.4 Å². The quantitative estimate of drug-likeness (QED) is 0.695. The molecule has 1 unspecified atom stereocenters. The van der Waals surface area contributed by atoms with Gasteiger partial charge < -0.3 is 15.5 Å². The summed E-state index contributed by atoms with van der Waals surface area (Å²) in [5.41, 5.74) is 0.0487. The number of nitrogens with one attached hydrogen (secondary N) is 2. The van der Waals surface area contributed by atoms with Crippen LogP contribution in [-0.2, 0) is 9.59 Å². The second-order valence-electron chi connectivity index (χ2n) is 8.57. The van der Waals surface area contributed by atoms with Crippen LogP contribution in [0, 0.1) is 30.4 Å². The maximum atomic E-state index is 14.0. The summed E-state index contributed by atoms with van der Waals surface area (Å²) in [6.45, 7) is 5.91. The van der Waals surface area contributed by atoms with Gasteiger partial charge in [0.05, 0.1) is 5.92 Å². The number of nitrogens with zero attached hydrogens (tertiary/aromatic N) is 2. The number of pyridine rings is 1. The molecule has 0 radical (unpaired) electrons. The lowest BCUT2D eigenvalue weighted by Gasteiger charge is -2.35. The average molecular weight is 459 g/mol. The monoisotopic (exact) mass is 458 g/mol. The van der Waals surface area contributed by atoms with Gasteiger partial charge in [0, 0.05) is 18.8 Å². The van der Waals surface area contributed by atoms with E-state index in [4.69, 9.17) is 0 Å². The number of hydrogen-bond acceptors (Lipinski definition) is 4. The van der Waals surface area contributed by atoms with Crippen LogP contribution in [0.4, 0.5) is 14.6 Å². The number of benzene rings is 1. The van der Waals surface area contributed by atoms with E-state index in [1.807, 2.05) is 13.0 Å². The number of halogens is 2. The molecule has 1 fully saturated rings. The molecule has 1 aromatic carbocycles. The van der Waals surface area contributed by atoms with E-state index >= 15 is 0 Å². The largest absolute Gasteiger partial charge is 0.340 e. The van der Waals surface area contributed by atoms with E-state index in [2.05, 4.69) is 15.6 Å². The molecule has 0 aliphatic carbocycles. The Bertz CT molecular complexity index is 1020. The lowest BCUT2D eigenvalue weighted by Crippen LogP contribution is -2.54. The van der Waals surface area contributed by atoms with Crippen LogP contribution in [-0.4, -0.2) is 46.7 Å². The van der Waals surface area contributed by atoms with Crippen molar-refractivity contribution in [2.45, 2.75) is 39.7 Å². The number of anilines is 1. The molecule has 2 N–H and O–H groups in total. The van der Waals surface area contributed by atoms with Crippen molar-refractivity contribution in [2.24, 2.45) is 11.8 Å². The van der Waals surface area contributed by atoms with Crippen LogP contribution in [0.3, 0.4) is 0 Å². The van der Waals surface area contributed by atoms with Gasteiger partial charge in [-0.15, -0.1) is 0 Å². The Balaban J connectivity index is 1.69. The molecule has 33 heavy (non-hydrogen) atoms. The van der Waals surface area contributed by atoms with Crippen LogP contribution in [0.1, 0.15) is 42.7 Å². The summed E-state index contributed by atoms with van der Waals surface area (Å²) in [4.78, 5) is 44.3. The van der Waals surface area contributed by atoms with Gasteiger partial charge in [-0.2, -0.15) is 0 Å². The molecule has 3 amide bonds. The minimum atomic E-state index is -0.998. The van der Waals surface area contributed by atoms with Gasteiger partial charge in [-0.25, -0.2) is 13.8 Å². The molecule has 1 aliphatic rings. The maximum absolute atomic E-state index is 14.0. The molecular weight excluding hydrogens is 430 g/mol. The first kappa shape index (κ1) is 24.3. The van der Waals surface area contributed by atoms with Crippen molar-refractivity contribution in [3.05, 3.63) is 59.3 Å². The van der Waals surface area contributed by atoms with Crippen molar-refractivity contribution in [2.75, 3.05) is 18.4 Å². The molecule has 0 bridgehead atoms. The van der Waals surface area contributed by atoms with Crippen molar-refractivity contribution in [3.63, 3.8) is 0 Å². The second kappa shape index (κ2) is 10.5. The number of carbonyl (C=O) groups excluding carboxylic acids is 3. The minimum absolute atomic E-state index is 0.184. The SMILES string of the molecule is Cc1cccc(NC(=O)C2CCCN(C(=O)[C@@H](NC(=O)c3c(F)cccc3F)C(C)C)C2)n1. The molecular formula is C24H28F2N4O3. The molecule has 1 aromatic heterocycles. The van der Waals surface area contributed by atoms with E-state index < -0.39 is 35.1 Å². The van der Waals surface area contributed by atoms with Crippen molar-refractivity contribution < 1.29 is 23.2 Å². The molecule has 0 spiro atoms. The Hall–Kier alpha value is -3.36. The fraction of sp³-hybridized carbons (Fsp3) is 0.417. The number of rotatable bonds is 6. The standard InChI is InChI=1S/C24H28F2N4O3/c1-14(2)21(29-23(32)20-17(25)9-5-10-18(20)26)24(33)30-12-6-8-16(13-30)22(31)28-19-11-4-7-15(3)27-19/h4-5,7,9-11,14,16,21H,6,8,12-13H2,1-3H3,(H,29,32)(H,27,28,31)/t16?,21-/m0/s1. The molecule has 1 saturated heterocycles. The van der Waals surface area contributed by atoms with Gasteiger partial charge in [0.15, 0.2) is 0 Å².